The lowest BCUT2D eigenvalue weighted by atomic mass is 9.98. The number of hydrogen-bond acceptors (Lipinski definition) is 4. The van der Waals surface area contributed by atoms with Crippen LogP contribution in [0.3, 0.4) is 0 Å². The van der Waals surface area contributed by atoms with Crippen molar-refractivity contribution in [2.45, 2.75) is 37.8 Å². The Kier molecular flexibility index (Phi) is 6.20. The predicted molar refractivity (Wildman–Crippen MR) is 104 cm³/mol. The Hall–Kier alpha value is -1.30. The fourth-order valence-corrected chi connectivity index (χ4v) is 4.10. The Morgan fingerprint density at radius 1 is 1.20 bits per heavy atom. The number of likely N-dealkylation sites (tertiary alicyclic amines) is 1. The van der Waals surface area contributed by atoms with Crippen LogP contribution in [0, 0.1) is 0 Å². The summed E-state index contributed by atoms with van der Waals surface area (Å²) in [6.45, 7) is 4.62. The van der Waals surface area contributed by atoms with E-state index in [0.29, 0.717) is 16.6 Å². The second kappa shape index (κ2) is 8.39. The molecular formula is C19H29ClN4O. The minimum absolute atomic E-state index is 0.0631. The lowest BCUT2D eigenvalue weighted by Gasteiger charge is -2.39. The Labute approximate surface area is 155 Å². The Morgan fingerprint density at radius 2 is 1.88 bits per heavy atom. The van der Waals surface area contributed by atoms with Crippen molar-refractivity contribution in [2.75, 3.05) is 45.6 Å². The van der Waals surface area contributed by atoms with Crippen LogP contribution < -0.4 is 10.6 Å². The van der Waals surface area contributed by atoms with Crippen LogP contribution >= 0.6 is 11.6 Å². The molecule has 0 spiro atoms. The van der Waals surface area contributed by atoms with Crippen LogP contribution in [0.1, 0.15) is 36.0 Å². The monoisotopic (exact) mass is 364 g/mol. The zero-order valence-electron chi connectivity index (χ0n) is 15.2. The van der Waals surface area contributed by atoms with Gasteiger partial charge in [0.05, 0.1) is 10.6 Å². The van der Waals surface area contributed by atoms with Gasteiger partial charge < -0.3 is 20.4 Å². The number of carbonyl (C=O) groups is 1. The molecule has 1 amide bonds. The smallest absolute Gasteiger partial charge is 0.254 e. The number of rotatable bonds is 4. The molecule has 2 fully saturated rings. The van der Waals surface area contributed by atoms with Crippen molar-refractivity contribution < 1.29 is 4.79 Å². The van der Waals surface area contributed by atoms with E-state index in [2.05, 4.69) is 15.5 Å². The zero-order chi connectivity index (χ0) is 17.8. The number of nitrogens with zero attached hydrogens (tertiary/aromatic N) is 2. The molecule has 0 saturated carbocycles. The van der Waals surface area contributed by atoms with Gasteiger partial charge in [0.25, 0.3) is 5.91 Å². The van der Waals surface area contributed by atoms with E-state index in [1.165, 1.54) is 12.8 Å². The van der Waals surface area contributed by atoms with Gasteiger partial charge in [-0.25, -0.2) is 0 Å². The van der Waals surface area contributed by atoms with Gasteiger partial charge in [-0.3, -0.25) is 4.79 Å². The van der Waals surface area contributed by atoms with E-state index >= 15 is 0 Å². The lowest BCUT2D eigenvalue weighted by Crippen LogP contribution is -2.48. The van der Waals surface area contributed by atoms with Gasteiger partial charge in [-0.1, -0.05) is 11.6 Å². The number of nitrogens with one attached hydrogen (secondary N) is 2. The molecule has 0 radical (unpaired) electrons. The van der Waals surface area contributed by atoms with E-state index in [9.17, 15) is 4.79 Å². The summed E-state index contributed by atoms with van der Waals surface area (Å²) in [5, 5.41) is 7.54. The third kappa shape index (κ3) is 4.66. The first-order valence-corrected chi connectivity index (χ1v) is 9.65. The number of anilines is 1. The van der Waals surface area contributed by atoms with Crippen LogP contribution in [0.2, 0.25) is 5.02 Å². The second-order valence-corrected chi connectivity index (χ2v) is 7.74. The van der Waals surface area contributed by atoms with Crippen molar-refractivity contribution in [1.82, 2.24) is 15.1 Å². The van der Waals surface area contributed by atoms with Crippen molar-refractivity contribution in [3.63, 3.8) is 0 Å². The molecule has 2 saturated heterocycles. The first kappa shape index (κ1) is 18.5. The highest BCUT2D eigenvalue weighted by Crippen LogP contribution is 2.25. The molecular weight excluding hydrogens is 336 g/mol. The maximum absolute atomic E-state index is 12.1. The second-order valence-electron chi connectivity index (χ2n) is 7.33. The highest BCUT2D eigenvalue weighted by atomic mass is 35.5. The molecule has 138 valence electrons. The standard InChI is InChI=1S/C19H29ClN4O/c1-23(2)19(25)17-4-3-15(13-18(17)20)22-14-7-11-24(12-8-14)16-5-9-21-10-6-16/h3-4,13-14,16,21-22H,5-12H2,1-2H3. The SMILES string of the molecule is CN(C)C(=O)c1ccc(NC2CCN(C3CCNCC3)CC2)cc1Cl. The van der Waals surface area contributed by atoms with Gasteiger partial charge in [0, 0.05) is 45.0 Å². The molecule has 0 atom stereocenters. The lowest BCUT2D eigenvalue weighted by molar-refractivity contribution is 0.0828. The number of halogens is 1. The quantitative estimate of drug-likeness (QED) is 0.862. The molecule has 0 aliphatic carbocycles. The third-order valence-corrected chi connectivity index (χ3v) is 5.64. The van der Waals surface area contributed by atoms with Gasteiger partial charge in [-0.2, -0.15) is 0 Å². The van der Waals surface area contributed by atoms with Crippen LogP contribution in [0.15, 0.2) is 18.2 Å². The maximum Gasteiger partial charge on any atom is 0.254 e. The number of amides is 1. The van der Waals surface area contributed by atoms with Gasteiger partial charge in [-0.05, 0) is 57.0 Å². The summed E-state index contributed by atoms with van der Waals surface area (Å²) in [6, 6.07) is 6.88. The zero-order valence-corrected chi connectivity index (χ0v) is 16.0. The topological polar surface area (TPSA) is 47.6 Å². The molecule has 2 N–H and O–H groups in total. The Balaban J connectivity index is 1.53. The first-order valence-electron chi connectivity index (χ1n) is 9.27. The molecule has 0 bridgehead atoms. The fraction of sp³-hybridized carbons (Fsp3) is 0.632. The van der Waals surface area contributed by atoms with E-state index < -0.39 is 0 Å². The molecule has 2 aliphatic rings. The van der Waals surface area contributed by atoms with Gasteiger partial charge in [0.15, 0.2) is 0 Å². The van der Waals surface area contributed by atoms with Crippen molar-refractivity contribution in [3.05, 3.63) is 28.8 Å². The summed E-state index contributed by atoms with van der Waals surface area (Å²) in [5.74, 6) is -0.0631. The summed E-state index contributed by atoms with van der Waals surface area (Å²) in [7, 11) is 3.47. The molecule has 3 rings (SSSR count). The van der Waals surface area contributed by atoms with E-state index in [4.69, 9.17) is 11.6 Å². The number of carbonyl (C=O) groups excluding carboxylic acids is 1. The summed E-state index contributed by atoms with van der Waals surface area (Å²) < 4.78 is 0. The predicted octanol–water partition coefficient (Wildman–Crippen LogP) is 2.67. The Morgan fingerprint density at radius 3 is 2.48 bits per heavy atom. The Bertz CT molecular complexity index is 593. The van der Waals surface area contributed by atoms with Crippen molar-refractivity contribution in [3.8, 4) is 0 Å². The molecule has 2 heterocycles. The summed E-state index contributed by atoms with van der Waals surface area (Å²) in [5.41, 5.74) is 1.55. The van der Waals surface area contributed by atoms with E-state index in [1.54, 1.807) is 19.0 Å². The van der Waals surface area contributed by atoms with Crippen LogP contribution in [0.4, 0.5) is 5.69 Å². The van der Waals surface area contributed by atoms with E-state index in [-0.39, 0.29) is 5.91 Å². The molecule has 25 heavy (non-hydrogen) atoms. The van der Waals surface area contributed by atoms with Crippen LogP contribution in [0.5, 0.6) is 0 Å². The van der Waals surface area contributed by atoms with Crippen LogP contribution in [-0.2, 0) is 0 Å². The summed E-state index contributed by atoms with van der Waals surface area (Å²) in [4.78, 5) is 16.3. The van der Waals surface area contributed by atoms with Crippen molar-refractivity contribution >= 4 is 23.2 Å². The van der Waals surface area contributed by atoms with Gasteiger partial charge in [0.2, 0.25) is 0 Å². The maximum atomic E-state index is 12.1. The molecule has 2 aliphatic heterocycles. The van der Waals surface area contributed by atoms with Crippen LogP contribution in [0.25, 0.3) is 0 Å². The molecule has 0 unspecified atom stereocenters. The van der Waals surface area contributed by atoms with Crippen LogP contribution in [-0.4, -0.2) is 68.1 Å². The summed E-state index contributed by atoms with van der Waals surface area (Å²) >= 11 is 6.31. The number of hydrogen-bond donors (Lipinski definition) is 2. The molecule has 5 nitrogen and oxygen atoms in total. The largest absolute Gasteiger partial charge is 0.382 e. The number of piperidine rings is 2. The van der Waals surface area contributed by atoms with E-state index in [1.807, 2.05) is 18.2 Å². The third-order valence-electron chi connectivity index (χ3n) is 5.33. The molecule has 1 aromatic rings. The summed E-state index contributed by atoms with van der Waals surface area (Å²) in [6.07, 6.45) is 4.85. The molecule has 0 aromatic heterocycles. The van der Waals surface area contributed by atoms with E-state index in [0.717, 1.165) is 50.7 Å². The average Bonchev–Trinajstić information content (AvgIpc) is 2.62. The molecule has 6 heteroatoms. The van der Waals surface area contributed by atoms with Gasteiger partial charge in [-0.15, -0.1) is 0 Å². The molecule has 1 aromatic carbocycles. The fourth-order valence-electron chi connectivity index (χ4n) is 3.84. The highest BCUT2D eigenvalue weighted by Gasteiger charge is 2.26. The normalized spacial score (nSPS) is 20.4. The first-order chi connectivity index (χ1) is 12.0. The van der Waals surface area contributed by atoms with Crippen molar-refractivity contribution in [1.29, 1.82) is 0 Å². The van der Waals surface area contributed by atoms with Gasteiger partial charge >= 0.3 is 0 Å². The number of benzene rings is 1. The van der Waals surface area contributed by atoms with Crippen molar-refractivity contribution in [2.24, 2.45) is 0 Å². The van der Waals surface area contributed by atoms with Gasteiger partial charge in [0.1, 0.15) is 0 Å². The average molecular weight is 365 g/mol. The highest BCUT2D eigenvalue weighted by molar-refractivity contribution is 6.34. The minimum atomic E-state index is -0.0631. The minimum Gasteiger partial charge on any atom is -0.382 e.